The van der Waals surface area contributed by atoms with Crippen LogP contribution < -0.4 is 4.72 Å². The summed E-state index contributed by atoms with van der Waals surface area (Å²) in [6, 6.07) is 13.1. The molecule has 4 nitrogen and oxygen atoms in total. The molecule has 0 spiro atoms. The van der Waals surface area contributed by atoms with Crippen LogP contribution in [0.2, 0.25) is 0 Å². The van der Waals surface area contributed by atoms with E-state index in [1.54, 1.807) is 11.3 Å². The minimum absolute atomic E-state index is 0.0650. The Morgan fingerprint density at radius 1 is 1.19 bits per heavy atom. The highest BCUT2D eigenvalue weighted by atomic mass is 32.2. The number of morpholine rings is 1. The van der Waals surface area contributed by atoms with E-state index < -0.39 is 11.0 Å². The number of ether oxygens (including phenoxy) is 1. The fourth-order valence-electron chi connectivity index (χ4n) is 3.02. The van der Waals surface area contributed by atoms with Crippen LogP contribution in [0, 0.1) is 0 Å². The molecule has 1 aromatic heterocycles. The van der Waals surface area contributed by atoms with Crippen molar-refractivity contribution in [2.24, 2.45) is 0 Å². The van der Waals surface area contributed by atoms with Crippen LogP contribution in [0.1, 0.15) is 44.2 Å². The second-order valence-corrected chi connectivity index (χ2v) is 11.1. The molecule has 2 heterocycles. The molecule has 2 unspecified atom stereocenters. The lowest BCUT2D eigenvalue weighted by atomic mass is 10.1. The van der Waals surface area contributed by atoms with Gasteiger partial charge in [0.15, 0.2) is 0 Å². The van der Waals surface area contributed by atoms with E-state index in [0.29, 0.717) is 0 Å². The Kier molecular flexibility index (Phi) is 6.87. The molecule has 3 rings (SSSR count). The van der Waals surface area contributed by atoms with Gasteiger partial charge in [0.25, 0.3) is 0 Å². The summed E-state index contributed by atoms with van der Waals surface area (Å²) in [5, 5.41) is 0. The zero-order valence-electron chi connectivity index (χ0n) is 16.7. The number of hydrogen-bond acceptors (Lipinski definition) is 4. The number of benzene rings is 1. The predicted octanol–water partition coefficient (Wildman–Crippen LogP) is 4.36. The number of hydrogen-bond donors (Lipinski definition) is 1. The van der Waals surface area contributed by atoms with Gasteiger partial charge in [0, 0.05) is 29.4 Å². The number of nitrogens with one attached hydrogen (secondary N) is 1. The quantitative estimate of drug-likeness (QED) is 0.775. The molecule has 1 aromatic carbocycles. The van der Waals surface area contributed by atoms with Gasteiger partial charge in [0.05, 0.1) is 35.0 Å². The maximum Gasteiger partial charge on any atom is 0.0976 e. The lowest BCUT2D eigenvalue weighted by molar-refractivity contribution is 0.0342. The van der Waals surface area contributed by atoms with Gasteiger partial charge in [-0.25, -0.2) is 8.93 Å². The Hall–Kier alpha value is -1.05. The largest absolute Gasteiger partial charge is 0.379 e. The first-order valence-electron chi connectivity index (χ1n) is 9.51. The van der Waals surface area contributed by atoms with E-state index in [2.05, 4.69) is 52.9 Å². The van der Waals surface area contributed by atoms with Gasteiger partial charge in [-0.1, -0.05) is 24.3 Å². The van der Waals surface area contributed by atoms with Gasteiger partial charge >= 0.3 is 0 Å². The Balaban J connectivity index is 1.75. The van der Waals surface area contributed by atoms with E-state index in [1.165, 1.54) is 20.9 Å². The predicted molar refractivity (Wildman–Crippen MR) is 115 cm³/mol. The zero-order valence-corrected chi connectivity index (χ0v) is 18.3. The van der Waals surface area contributed by atoms with Crippen molar-refractivity contribution in [3.05, 3.63) is 46.8 Å². The van der Waals surface area contributed by atoms with Crippen LogP contribution in [0.4, 0.5) is 0 Å². The van der Waals surface area contributed by atoms with Crippen molar-refractivity contribution in [3.8, 4) is 10.4 Å². The van der Waals surface area contributed by atoms with Crippen molar-refractivity contribution in [2.45, 2.75) is 45.0 Å². The van der Waals surface area contributed by atoms with Crippen molar-refractivity contribution in [1.29, 1.82) is 0 Å². The third kappa shape index (κ3) is 5.48. The molecule has 0 radical (unpaired) electrons. The van der Waals surface area contributed by atoms with E-state index in [4.69, 9.17) is 4.74 Å². The van der Waals surface area contributed by atoms with Gasteiger partial charge in [-0.05, 0) is 51.0 Å². The SMILES string of the molecule is CC(NS(=O)C(C)(C)C)c1ccc(-c2ccccc2CN2CCOCC2)s1. The normalized spacial score (nSPS) is 18.4. The van der Waals surface area contributed by atoms with Crippen molar-refractivity contribution < 1.29 is 8.95 Å². The molecule has 0 bridgehead atoms. The summed E-state index contributed by atoms with van der Waals surface area (Å²) in [5.41, 5.74) is 2.65. The molecular formula is C21H30N2O2S2. The molecule has 1 aliphatic rings. The average Bonchev–Trinajstić information content (AvgIpc) is 3.12. The fraction of sp³-hybridized carbons (Fsp3) is 0.524. The smallest absolute Gasteiger partial charge is 0.0976 e. The molecule has 2 aromatic rings. The minimum atomic E-state index is -1.07. The molecule has 6 heteroatoms. The van der Waals surface area contributed by atoms with Gasteiger partial charge < -0.3 is 4.74 Å². The van der Waals surface area contributed by atoms with Gasteiger partial charge in [-0.15, -0.1) is 11.3 Å². The molecule has 1 N–H and O–H groups in total. The lowest BCUT2D eigenvalue weighted by Crippen LogP contribution is -2.35. The van der Waals surface area contributed by atoms with E-state index >= 15 is 0 Å². The van der Waals surface area contributed by atoms with E-state index in [-0.39, 0.29) is 10.8 Å². The number of nitrogens with zero attached hydrogens (tertiary/aromatic N) is 1. The van der Waals surface area contributed by atoms with Crippen LogP contribution in [0.5, 0.6) is 0 Å². The second-order valence-electron chi connectivity index (χ2n) is 7.97. The van der Waals surface area contributed by atoms with Crippen molar-refractivity contribution in [2.75, 3.05) is 26.3 Å². The molecule has 148 valence electrons. The maximum atomic E-state index is 12.4. The molecule has 27 heavy (non-hydrogen) atoms. The van der Waals surface area contributed by atoms with E-state index in [9.17, 15) is 4.21 Å². The summed E-state index contributed by atoms with van der Waals surface area (Å²) in [6.07, 6.45) is 0. The third-order valence-corrected chi connectivity index (χ3v) is 7.66. The Bertz CT molecular complexity index is 776. The van der Waals surface area contributed by atoms with Crippen molar-refractivity contribution >= 4 is 22.3 Å². The summed E-state index contributed by atoms with van der Waals surface area (Å²) in [4.78, 5) is 4.93. The van der Waals surface area contributed by atoms with Crippen LogP contribution in [0.25, 0.3) is 10.4 Å². The topological polar surface area (TPSA) is 41.6 Å². The zero-order chi connectivity index (χ0) is 19.4. The summed E-state index contributed by atoms with van der Waals surface area (Å²) >= 11 is 1.78. The molecule has 0 saturated carbocycles. The van der Waals surface area contributed by atoms with Crippen LogP contribution in [-0.2, 0) is 22.3 Å². The maximum absolute atomic E-state index is 12.4. The Morgan fingerprint density at radius 3 is 2.59 bits per heavy atom. The molecule has 1 saturated heterocycles. The third-order valence-electron chi connectivity index (χ3n) is 4.67. The second kappa shape index (κ2) is 8.97. The van der Waals surface area contributed by atoms with Gasteiger partial charge in [-0.2, -0.15) is 0 Å². The molecule has 0 amide bonds. The first-order chi connectivity index (χ1) is 12.8. The first kappa shape index (κ1) is 20.7. The van der Waals surface area contributed by atoms with Gasteiger partial charge in [0.2, 0.25) is 0 Å². The van der Waals surface area contributed by atoms with Crippen LogP contribution >= 0.6 is 11.3 Å². The lowest BCUT2D eigenvalue weighted by Gasteiger charge is -2.27. The average molecular weight is 407 g/mol. The van der Waals surface area contributed by atoms with Gasteiger partial charge in [0.1, 0.15) is 0 Å². The van der Waals surface area contributed by atoms with Crippen LogP contribution in [0.3, 0.4) is 0 Å². The monoisotopic (exact) mass is 406 g/mol. The highest BCUT2D eigenvalue weighted by Gasteiger charge is 2.22. The van der Waals surface area contributed by atoms with E-state index in [0.717, 1.165) is 32.8 Å². The molecular weight excluding hydrogens is 376 g/mol. The molecule has 2 atom stereocenters. The van der Waals surface area contributed by atoms with Crippen LogP contribution in [-0.4, -0.2) is 40.2 Å². The van der Waals surface area contributed by atoms with Crippen LogP contribution in [0.15, 0.2) is 36.4 Å². The molecule has 1 aliphatic heterocycles. The van der Waals surface area contributed by atoms with Gasteiger partial charge in [-0.3, -0.25) is 4.90 Å². The highest BCUT2D eigenvalue weighted by molar-refractivity contribution is 7.84. The van der Waals surface area contributed by atoms with E-state index in [1.807, 2.05) is 20.8 Å². The summed E-state index contributed by atoms with van der Waals surface area (Å²) in [5.74, 6) is 0. The Morgan fingerprint density at radius 2 is 1.89 bits per heavy atom. The summed E-state index contributed by atoms with van der Waals surface area (Å²) < 4.78 is 20.8. The molecule has 0 aliphatic carbocycles. The molecule has 1 fully saturated rings. The summed E-state index contributed by atoms with van der Waals surface area (Å²) in [7, 11) is -1.07. The highest BCUT2D eigenvalue weighted by Crippen LogP contribution is 2.34. The van der Waals surface area contributed by atoms with Crippen molar-refractivity contribution in [1.82, 2.24) is 9.62 Å². The Labute approximate surface area is 169 Å². The first-order valence-corrected chi connectivity index (χ1v) is 11.5. The fourth-order valence-corrected chi connectivity index (χ4v) is 4.97. The standard InChI is InChI=1S/C21H30N2O2S2/c1-16(22-27(24)21(2,3)4)19-9-10-20(26-19)18-8-6-5-7-17(18)15-23-11-13-25-14-12-23/h5-10,16,22H,11-15H2,1-4H3. The number of thiophene rings is 1. The summed E-state index contributed by atoms with van der Waals surface area (Å²) in [6.45, 7) is 12.6. The van der Waals surface area contributed by atoms with Crippen molar-refractivity contribution in [3.63, 3.8) is 0 Å². The minimum Gasteiger partial charge on any atom is -0.379 e. The number of rotatable bonds is 6.